The number of nitrogens with two attached hydrogens (primary N) is 1. The minimum Gasteiger partial charge on any atom is -0.342 e. The Morgan fingerprint density at radius 1 is 1.25 bits per heavy atom. The molecule has 0 heterocycles. The number of benzene rings is 1. The number of rotatable bonds is 8. The summed E-state index contributed by atoms with van der Waals surface area (Å²) in [6, 6.07) is 6.43. The van der Waals surface area contributed by atoms with Crippen LogP contribution < -0.4 is 5.73 Å². The maximum atomic E-state index is 12.6. The lowest BCUT2D eigenvalue weighted by atomic mass is 10.0. The second kappa shape index (κ2) is 10.0. The van der Waals surface area contributed by atoms with E-state index < -0.39 is 9.84 Å². The van der Waals surface area contributed by atoms with Gasteiger partial charge in [-0.05, 0) is 30.9 Å². The SMILES string of the molecule is CCCS(=O)(=O)c1ccccc1C(=O)N(C)CCC(N)C(C)C.Cl. The van der Waals surface area contributed by atoms with Gasteiger partial charge < -0.3 is 10.6 Å². The summed E-state index contributed by atoms with van der Waals surface area (Å²) in [7, 11) is -1.76. The van der Waals surface area contributed by atoms with E-state index in [0.29, 0.717) is 25.3 Å². The molecule has 0 radical (unpaired) electrons. The molecule has 1 rings (SSSR count). The molecular formula is C17H29ClN2O3S. The molecule has 1 aromatic rings. The van der Waals surface area contributed by atoms with Gasteiger partial charge in [-0.3, -0.25) is 4.79 Å². The second-order valence-corrected chi connectivity index (χ2v) is 8.32. The number of nitrogens with zero attached hydrogens (tertiary/aromatic N) is 1. The quantitative estimate of drug-likeness (QED) is 0.756. The highest BCUT2D eigenvalue weighted by molar-refractivity contribution is 7.91. The standard InChI is InChI=1S/C17H28N2O3S.ClH/c1-5-12-23(21,22)16-9-7-6-8-14(16)17(20)19(4)11-10-15(18)13(2)3;/h6-9,13,15H,5,10-12,18H2,1-4H3;1H. The van der Waals surface area contributed by atoms with Crippen molar-refractivity contribution >= 4 is 28.2 Å². The Morgan fingerprint density at radius 3 is 2.38 bits per heavy atom. The van der Waals surface area contributed by atoms with Crippen molar-refractivity contribution in [2.24, 2.45) is 11.7 Å². The van der Waals surface area contributed by atoms with Gasteiger partial charge in [0.1, 0.15) is 0 Å². The molecule has 0 fully saturated rings. The van der Waals surface area contributed by atoms with Crippen molar-refractivity contribution in [1.29, 1.82) is 0 Å². The summed E-state index contributed by atoms with van der Waals surface area (Å²) in [6.45, 7) is 6.39. The molecule has 1 aromatic carbocycles. The number of hydrogen-bond acceptors (Lipinski definition) is 4. The Labute approximate surface area is 151 Å². The van der Waals surface area contributed by atoms with Gasteiger partial charge in [-0.1, -0.05) is 32.9 Å². The summed E-state index contributed by atoms with van der Waals surface area (Å²) in [5.41, 5.74) is 6.25. The highest BCUT2D eigenvalue weighted by Gasteiger charge is 2.23. The van der Waals surface area contributed by atoms with Gasteiger partial charge in [0.15, 0.2) is 9.84 Å². The predicted molar refractivity (Wildman–Crippen MR) is 100 cm³/mol. The molecule has 0 aliphatic carbocycles. The van der Waals surface area contributed by atoms with Crippen LogP contribution in [0.1, 0.15) is 44.0 Å². The van der Waals surface area contributed by atoms with Crippen LogP contribution in [-0.4, -0.2) is 44.6 Å². The van der Waals surface area contributed by atoms with Crippen LogP contribution in [0, 0.1) is 5.92 Å². The van der Waals surface area contributed by atoms with E-state index in [9.17, 15) is 13.2 Å². The maximum Gasteiger partial charge on any atom is 0.254 e. The van der Waals surface area contributed by atoms with Crippen LogP contribution in [0.2, 0.25) is 0 Å². The largest absolute Gasteiger partial charge is 0.342 e. The lowest BCUT2D eigenvalue weighted by Gasteiger charge is -2.22. The zero-order valence-electron chi connectivity index (χ0n) is 14.9. The molecule has 138 valence electrons. The average molecular weight is 377 g/mol. The molecule has 5 nitrogen and oxygen atoms in total. The third-order valence-corrected chi connectivity index (χ3v) is 5.90. The number of sulfone groups is 1. The van der Waals surface area contributed by atoms with Crippen molar-refractivity contribution in [3.8, 4) is 0 Å². The van der Waals surface area contributed by atoms with E-state index >= 15 is 0 Å². The molecule has 24 heavy (non-hydrogen) atoms. The van der Waals surface area contributed by atoms with Gasteiger partial charge in [0.05, 0.1) is 16.2 Å². The van der Waals surface area contributed by atoms with E-state index in [4.69, 9.17) is 5.73 Å². The fourth-order valence-corrected chi connectivity index (χ4v) is 3.81. The number of halogens is 1. The van der Waals surface area contributed by atoms with Gasteiger partial charge in [-0.25, -0.2) is 8.42 Å². The lowest BCUT2D eigenvalue weighted by molar-refractivity contribution is 0.0785. The Morgan fingerprint density at radius 2 is 1.83 bits per heavy atom. The molecule has 0 bridgehead atoms. The van der Waals surface area contributed by atoms with Crippen LogP contribution >= 0.6 is 12.4 Å². The van der Waals surface area contributed by atoms with Crippen molar-refractivity contribution in [3.05, 3.63) is 29.8 Å². The van der Waals surface area contributed by atoms with E-state index in [1.165, 1.54) is 6.07 Å². The van der Waals surface area contributed by atoms with E-state index in [-0.39, 0.29) is 40.6 Å². The van der Waals surface area contributed by atoms with Crippen LogP contribution in [-0.2, 0) is 9.84 Å². The van der Waals surface area contributed by atoms with Gasteiger partial charge in [-0.15, -0.1) is 12.4 Å². The normalized spacial score (nSPS) is 12.6. The van der Waals surface area contributed by atoms with Crippen molar-refractivity contribution < 1.29 is 13.2 Å². The van der Waals surface area contributed by atoms with Gasteiger partial charge in [-0.2, -0.15) is 0 Å². The second-order valence-electron chi connectivity index (χ2n) is 6.24. The summed E-state index contributed by atoms with van der Waals surface area (Å²) in [5, 5.41) is 0. The van der Waals surface area contributed by atoms with E-state index in [1.54, 1.807) is 37.1 Å². The zero-order valence-corrected chi connectivity index (χ0v) is 16.5. The van der Waals surface area contributed by atoms with Gasteiger partial charge in [0.25, 0.3) is 5.91 Å². The Balaban J connectivity index is 0.00000529. The number of carbonyl (C=O) groups excluding carboxylic acids is 1. The molecular weight excluding hydrogens is 348 g/mol. The third-order valence-electron chi connectivity index (χ3n) is 3.93. The average Bonchev–Trinajstić information content (AvgIpc) is 2.51. The number of hydrogen-bond donors (Lipinski definition) is 1. The first-order valence-electron chi connectivity index (χ1n) is 8.03. The summed E-state index contributed by atoms with van der Waals surface area (Å²) in [6.07, 6.45) is 1.20. The molecule has 1 atom stereocenters. The molecule has 0 aromatic heterocycles. The smallest absolute Gasteiger partial charge is 0.254 e. The molecule has 1 unspecified atom stereocenters. The topological polar surface area (TPSA) is 80.5 Å². The summed E-state index contributed by atoms with van der Waals surface area (Å²) >= 11 is 0. The Bertz CT molecular complexity index is 632. The fraction of sp³-hybridized carbons (Fsp3) is 0.588. The summed E-state index contributed by atoms with van der Waals surface area (Å²) in [5.74, 6) is 0.103. The lowest BCUT2D eigenvalue weighted by Crippen LogP contribution is -2.35. The first kappa shape index (κ1) is 22.9. The molecule has 0 aliphatic heterocycles. The highest BCUT2D eigenvalue weighted by atomic mass is 35.5. The van der Waals surface area contributed by atoms with Crippen LogP contribution in [0.4, 0.5) is 0 Å². The van der Waals surface area contributed by atoms with Crippen LogP contribution in [0.3, 0.4) is 0 Å². The van der Waals surface area contributed by atoms with E-state index in [0.717, 1.165) is 0 Å². The maximum absolute atomic E-state index is 12.6. The van der Waals surface area contributed by atoms with Gasteiger partial charge in [0.2, 0.25) is 0 Å². The Kier molecular flexibility index (Phi) is 9.55. The molecule has 0 saturated carbocycles. The van der Waals surface area contributed by atoms with E-state index in [2.05, 4.69) is 0 Å². The molecule has 1 amide bonds. The minimum atomic E-state index is -3.44. The van der Waals surface area contributed by atoms with Crippen LogP contribution in [0.25, 0.3) is 0 Å². The fourth-order valence-electron chi connectivity index (χ4n) is 2.28. The monoisotopic (exact) mass is 376 g/mol. The summed E-state index contributed by atoms with van der Waals surface area (Å²) in [4.78, 5) is 14.3. The van der Waals surface area contributed by atoms with Crippen molar-refractivity contribution in [3.63, 3.8) is 0 Å². The number of amides is 1. The number of carbonyl (C=O) groups is 1. The molecule has 0 aliphatic rings. The summed E-state index contributed by atoms with van der Waals surface area (Å²) < 4.78 is 24.7. The first-order valence-corrected chi connectivity index (χ1v) is 9.68. The van der Waals surface area contributed by atoms with Crippen molar-refractivity contribution in [2.45, 2.75) is 44.6 Å². The minimum absolute atomic E-state index is 0. The molecule has 0 saturated heterocycles. The van der Waals surface area contributed by atoms with Crippen molar-refractivity contribution in [1.82, 2.24) is 4.90 Å². The van der Waals surface area contributed by atoms with E-state index in [1.807, 2.05) is 13.8 Å². The van der Waals surface area contributed by atoms with Crippen molar-refractivity contribution in [2.75, 3.05) is 19.3 Å². The zero-order chi connectivity index (χ0) is 17.6. The molecule has 7 heteroatoms. The van der Waals surface area contributed by atoms with Crippen LogP contribution in [0.15, 0.2) is 29.2 Å². The first-order chi connectivity index (χ1) is 10.7. The Hall–Kier alpha value is -1.11. The predicted octanol–water partition coefficient (Wildman–Crippen LogP) is 2.74. The van der Waals surface area contributed by atoms with Gasteiger partial charge >= 0.3 is 0 Å². The molecule has 2 N–H and O–H groups in total. The van der Waals surface area contributed by atoms with Gasteiger partial charge in [0, 0.05) is 19.6 Å². The highest BCUT2D eigenvalue weighted by Crippen LogP contribution is 2.19. The molecule has 0 spiro atoms. The van der Waals surface area contributed by atoms with Crippen LogP contribution in [0.5, 0.6) is 0 Å². The third kappa shape index (κ3) is 6.07.